The molecule has 3 aromatic rings. The van der Waals surface area contributed by atoms with Crippen LogP contribution in [0.2, 0.25) is 0 Å². The first-order valence-electron chi connectivity index (χ1n) is 9.15. The number of benzene rings is 2. The normalized spacial score (nSPS) is 13.7. The largest absolute Gasteiger partial charge is 0.300 e. The number of hydrogen-bond donors (Lipinski definition) is 1. The smallest absolute Gasteiger partial charge is 0.243 e. The van der Waals surface area contributed by atoms with Crippen molar-refractivity contribution in [1.82, 2.24) is 4.72 Å². The van der Waals surface area contributed by atoms with Gasteiger partial charge in [0.25, 0.3) is 0 Å². The van der Waals surface area contributed by atoms with E-state index in [9.17, 15) is 8.42 Å². The molecule has 4 nitrogen and oxygen atoms in total. The Kier molecular flexibility index (Phi) is 5.04. The van der Waals surface area contributed by atoms with Gasteiger partial charge in [-0.05, 0) is 54.0 Å². The second kappa shape index (κ2) is 7.46. The number of nitrogens with zero attached hydrogens (tertiary/aromatic N) is 1. The molecule has 0 radical (unpaired) electrons. The topological polar surface area (TPSA) is 49.4 Å². The zero-order valence-electron chi connectivity index (χ0n) is 15.2. The van der Waals surface area contributed by atoms with Gasteiger partial charge in [0.05, 0.1) is 11.4 Å². The van der Waals surface area contributed by atoms with E-state index in [1.807, 2.05) is 36.6 Å². The third-order valence-electron chi connectivity index (χ3n) is 4.77. The average Bonchev–Trinajstić information content (AvgIpc) is 3.11. The van der Waals surface area contributed by atoms with Gasteiger partial charge in [-0.25, -0.2) is 13.1 Å². The number of para-hydroxylation sites is 2. The summed E-state index contributed by atoms with van der Waals surface area (Å²) < 4.78 is 28.5. The molecule has 0 atom stereocenters. The highest BCUT2D eigenvalue weighted by atomic mass is 32.2. The van der Waals surface area contributed by atoms with Crippen LogP contribution >= 0.6 is 11.3 Å². The van der Waals surface area contributed by atoms with Crippen molar-refractivity contribution in [3.8, 4) is 0 Å². The number of nitrogens with one attached hydrogen (secondary N) is 1. The van der Waals surface area contributed by atoms with Crippen LogP contribution in [0.1, 0.15) is 24.5 Å². The Bertz CT molecular complexity index is 1010. The van der Waals surface area contributed by atoms with Crippen molar-refractivity contribution in [3.05, 3.63) is 71.1 Å². The van der Waals surface area contributed by atoms with Crippen LogP contribution in [-0.2, 0) is 22.9 Å². The highest BCUT2D eigenvalue weighted by Crippen LogP contribution is 2.46. The Morgan fingerprint density at radius 3 is 2.15 bits per heavy atom. The van der Waals surface area contributed by atoms with Crippen LogP contribution in [0.3, 0.4) is 0 Å². The van der Waals surface area contributed by atoms with Crippen LogP contribution in [0.15, 0.2) is 64.9 Å². The molecule has 27 heavy (non-hydrogen) atoms. The van der Waals surface area contributed by atoms with E-state index in [1.54, 1.807) is 6.07 Å². The summed E-state index contributed by atoms with van der Waals surface area (Å²) in [6, 6.07) is 18.2. The fourth-order valence-corrected chi connectivity index (χ4v) is 6.05. The molecular formula is C21H22N2O2S2. The molecule has 1 aromatic heterocycles. The Morgan fingerprint density at radius 2 is 1.56 bits per heavy atom. The first-order valence-corrected chi connectivity index (χ1v) is 11.5. The molecule has 6 heteroatoms. The van der Waals surface area contributed by atoms with Crippen molar-refractivity contribution in [2.75, 3.05) is 11.4 Å². The molecule has 1 N–H and O–H groups in total. The summed E-state index contributed by atoms with van der Waals surface area (Å²) in [5.41, 5.74) is 4.56. The second-order valence-electron chi connectivity index (χ2n) is 6.58. The zero-order chi connectivity index (χ0) is 18.9. The minimum absolute atomic E-state index is 0.340. The van der Waals surface area contributed by atoms with E-state index >= 15 is 0 Å². The van der Waals surface area contributed by atoms with Crippen molar-refractivity contribution in [2.24, 2.45) is 0 Å². The van der Waals surface area contributed by atoms with Crippen LogP contribution < -0.4 is 9.62 Å². The SMILES string of the molecule is CCCNS(=O)(=O)c1ccsc1N1c2ccccc2CCc2ccccc21. The molecule has 0 saturated carbocycles. The molecule has 2 heterocycles. The quantitative estimate of drug-likeness (QED) is 0.658. The van der Waals surface area contributed by atoms with E-state index in [4.69, 9.17) is 0 Å². The fourth-order valence-electron chi connectivity index (χ4n) is 3.47. The maximum absolute atomic E-state index is 12.9. The Hall–Kier alpha value is -2.15. The zero-order valence-corrected chi connectivity index (χ0v) is 16.8. The first-order chi connectivity index (χ1) is 13.1. The molecule has 0 unspecified atom stereocenters. The van der Waals surface area contributed by atoms with E-state index in [2.05, 4.69) is 33.9 Å². The second-order valence-corrected chi connectivity index (χ2v) is 9.21. The van der Waals surface area contributed by atoms with E-state index in [0.717, 1.165) is 35.6 Å². The van der Waals surface area contributed by atoms with Crippen LogP contribution in [0.5, 0.6) is 0 Å². The lowest BCUT2D eigenvalue weighted by atomic mass is 10.0. The summed E-state index contributed by atoms with van der Waals surface area (Å²) in [5, 5.41) is 2.59. The monoisotopic (exact) mass is 398 g/mol. The summed E-state index contributed by atoms with van der Waals surface area (Å²) in [5.74, 6) is 0. The number of fused-ring (bicyclic) bond motifs is 2. The molecule has 0 spiro atoms. The number of thiophene rings is 1. The fraction of sp³-hybridized carbons (Fsp3) is 0.238. The van der Waals surface area contributed by atoms with Gasteiger partial charge in [0.1, 0.15) is 9.90 Å². The third-order valence-corrected chi connectivity index (χ3v) is 7.29. The number of aryl methyl sites for hydroxylation is 2. The number of anilines is 3. The van der Waals surface area contributed by atoms with Crippen LogP contribution in [0.25, 0.3) is 0 Å². The summed E-state index contributed by atoms with van der Waals surface area (Å²) in [7, 11) is -3.56. The van der Waals surface area contributed by atoms with Crippen molar-refractivity contribution in [3.63, 3.8) is 0 Å². The summed E-state index contributed by atoms with van der Waals surface area (Å²) in [4.78, 5) is 2.45. The minimum Gasteiger partial charge on any atom is -0.300 e. The summed E-state index contributed by atoms with van der Waals surface area (Å²) in [6.07, 6.45) is 2.63. The van der Waals surface area contributed by atoms with Crippen molar-refractivity contribution >= 4 is 37.7 Å². The van der Waals surface area contributed by atoms with Crippen molar-refractivity contribution in [1.29, 1.82) is 0 Å². The standard InChI is InChI=1S/C21H22N2O2S2/c1-2-14-22-27(24,25)20-13-15-26-21(20)23-18-9-5-3-7-16(18)11-12-17-8-4-6-10-19(17)23/h3-10,13,15,22H,2,11-12,14H2,1H3. The predicted molar refractivity (Wildman–Crippen MR) is 112 cm³/mol. The lowest BCUT2D eigenvalue weighted by Gasteiger charge is -2.26. The molecule has 0 bridgehead atoms. The molecule has 0 saturated heterocycles. The van der Waals surface area contributed by atoms with Gasteiger partial charge in [0, 0.05) is 6.54 Å². The molecule has 0 amide bonds. The van der Waals surface area contributed by atoms with Crippen LogP contribution in [0, 0.1) is 0 Å². The van der Waals surface area contributed by atoms with Gasteiger partial charge in [-0.3, -0.25) is 0 Å². The number of rotatable bonds is 5. The van der Waals surface area contributed by atoms with Gasteiger partial charge < -0.3 is 4.90 Å². The van der Waals surface area contributed by atoms with Gasteiger partial charge in [-0.2, -0.15) is 0 Å². The van der Waals surface area contributed by atoms with Gasteiger partial charge >= 0.3 is 0 Å². The molecular weight excluding hydrogens is 376 g/mol. The molecule has 1 aliphatic rings. The van der Waals surface area contributed by atoms with Gasteiger partial charge in [-0.15, -0.1) is 11.3 Å². The molecule has 2 aromatic carbocycles. The van der Waals surface area contributed by atoms with Gasteiger partial charge in [0.15, 0.2) is 0 Å². The summed E-state index contributed by atoms with van der Waals surface area (Å²) in [6.45, 7) is 2.39. The van der Waals surface area contributed by atoms with Gasteiger partial charge in [0.2, 0.25) is 10.0 Å². The Balaban J connectivity index is 1.92. The average molecular weight is 399 g/mol. The third kappa shape index (κ3) is 3.40. The molecule has 0 fully saturated rings. The Morgan fingerprint density at radius 1 is 0.963 bits per heavy atom. The van der Waals surface area contributed by atoms with E-state index < -0.39 is 10.0 Å². The lowest BCUT2D eigenvalue weighted by molar-refractivity contribution is 0.581. The van der Waals surface area contributed by atoms with E-state index in [1.165, 1.54) is 22.5 Å². The maximum atomic E-state index is 12.9. The molecule has 4 rings (SSSR count). The molecule has 0 aliphatic carbocycles. The van der Waals surface area contributed by atoms with Crippen LogP contribution in [-0.4, -0.2) is 15.0 Å². The molecule has 140 valence electrons. The van der Waals surface area contributed by atoms with Crippen molar-refractivity contribution < 1.29 is 8.42 Å². The molecule has 1 aliphatic heterocycles. The lowest BCUT2D eigenvalue weighted by Crippen LogP contribution is -2.25. The van der Waals surface area contributed by atoms with Crippen molar-refractivity contribution in [2.45, 2.75) is 31.1 Å². The maximum Gasteiger partial charge on any atom is 0.243 e. The Labute approximate surface area is 164 Å². The first kappa shape index (κ1) is 18.2. The number of sulfonamides is 1. The van der Waals surface area contributed by atoms with E-state index in [0.29, 0.717) is 11.4 Å². The minimum atomic E-state index is -3.56. The highest BCUT2D eigenvalue weighted by molar-refractivity contribution is 7.89. The van der Waals surface area contributed by atoms with Gasteiger partial charge in [-0.1, -0.05) is 43.3 Å². The van der Waals surface area contributed by atoms with E-state index in [-0.39, 0.29) is 0 Å². The van der Waals surface area contributed by atoms with Crippen LogP contribution in [0.4, 0.5) is 16.4 Å². The highest BCUT2D eigenvalue weighted by Gasteiger charge is 2.28. The summed E-state index contributed by atoms with van der Waals surface area (Å²) >= 11 is 1.46. The predicted octanol–water partition coefficient (Wildman–Crippen LogP) is 5.00. The number of hydrogen-bond acceptors (Lipinski definition) is 4.